The predicted octanol–water partition coefficient (Wildman–Crippen LogP) is 3.79. The smallest absolute Gasteiger partial charge is 0.150 e. The highest BCUT2D eigenvalue weighted by molar-refractivity contribution is 5.50. The zero-order valence-corrected chi connectivity index (χ0v) is 12.0. The van der Waals surface area contributed by atoms with Crippen LogP contribution in [-0.2, 0) is 0 Å². The van der Waals surface area contributed by atoms with Crippen molar-refractivity contribution in [3.05, 3.63) is 36.7 Å². The van der Waals surface area contributed by atoms with Gasteiger partial charge in [0.2, 0.25) is 0 Å². The van der Waals surface area contributed by atoms with E-state index in [0.717, 1.165) is 18.5 Å². The number of nitrogens with one attached hydrogen (secondary N) is 1. The van der Waals surface area contributed by atoms with Crippen LogP contribution in [0.25, 0.3) is 5.69 Å². The zero-order valence-electron chi connectivity index (χ0n) is 12.0. The van der Waals surface area contributed by atoms with Gasteiger partial charge in [0, 0.05) is 11.7 Å². The second-order valence-corrected chi connectivity index (χ2v) is 4.90. The molecule has 0 saturated carbocycles. The van der Waals surface area contributed by atoms with Gasteiger partial charge in [-0.15, -0.1) is 0 Å². The number of anilines is 1. The van der Waals surface area contributed by atoms with Crippen LogP contribution in [0.1, 0.15) is 39.5 Å². The summed E-state index contributed by atoms with van der Waals surface area (Å²) in [6, 6.07) is 5.52. The second-order valence-electron chi connectivity index (χ2n) is 4.90. The van der Waals surface area contributed by atoms with E-state index in [2.05, 4.69) is 29.2 Å². The summed E-state index contributed by atoms with van der Waals surface area (Å²) in [5.41, 5.74) is 1.23. The Hall–Kier alpha value is -1.91. The number of unbranched alkanes of at least 4 members (excludes halogenated alkanes) is 1. The Balaban J connectivity index is 2.08. The lowest BCUT2D eigenvalue weighted by atomic mass is 10.1. The second kappa shape index (κ2) is 7.03. The van der Waals surface area contributed by atoms with Gasteiger partial charge in [-0.1, -0.05) is 26.7 Å². The number of nitrogens with zero attached hydrogens (tertiary/aromatic N) is 3. The third-order valence-corrected chi connectivity index (χ3v) is 3.38. The van der Waals surface area contributed by atoms with Gasteiger partial charge in [0.05, 0.1) is 0 Å². The average molecular weight is 276 g/mol. The molecule has 1 N–H and O–H groups in total. The van der Waals surface area contributed by atoms with Crippen LogP contribution in [0.2, 0.25) is 0 Å². The Bertz CT molecular complexity index is 525. The zero-order chi connectivity index (χ0) is 14.4. The fourth-order valence-electron chi connectivity index (χ4n) is 2.18. The van der Waals surface area contributed by atoms with Gasteiger partial charge < -0.3 is 5.32 Å². The molecule has 0 amide bonds. The molecule has 0 aliphatic heterocycles. The molecule has 0 aliphatic carbocycles. The number of benzene rings is 1. The summed E-state index contributed by atoms with van der Waals surface area (Å²) in [6.45, 7) is 4.33. The lowest BCUT2D eigenvalue weighted by Gasteiger charge is -2.18. The minimum absolute atomic E-state index is 0.300. The Morgan fingerprint density at radius 2 is 2.20 bits per heavy atom. The molecule has 1 aromatic heterocycles. The Morgan fingerprint density at radius 1 is 1.35 bits per heavy atom. The van der Waals surface area contributed by atoms with Gasteiger partial charge in [-0.2, -0.15) is 5.10 Å². The number of halogens is 1. The van der Waals surface area contributed by atoms with Gasteiger partial charge >= 0.3 is 0 Å². The van der Waals surface area contributed by atoms with Gasteiger partial charge in [-0.3, -0.25) is 0 Å². The van der Waals surface area contributed by atoms with E-state index in [9.17, 15) is 4.39 Å². The molecule has 1 atom stereocenters. The Kier molecular flexibility index (Phi) is 5.09. The SMILES string of the molecule is CCCCC(CC)Nc1ccc(-n2cncn2)c(F)c1. The van der Waals surface area contributed by atoms with Crippen molar-refractivity contribution in [3.63, 3.8) is 0 Å². The van der Waals surface area contributed by atoms with Gasteiger partial charge in [0.1, 0.15) is 18.3 Å². The molecular weight excluding hydrogens is 255 g/mol. The highest BCUT2D eigenvalue weighted by Gasteiger charge is 2.09. The van der Waals surface area contributed by atoms with Gasteiger partial charge in [0.25, 0.3) is 0 Å². The van der Waals surface area contributed by atoms with Crippen LogP contribution in [0, 0.1) is 5.82 Å². The topological polar surface area (TPSA) is 42.7 Å². The first-order valence-corrected chi connectivity index (χ1v) is 7.15. The molecule has 4 nitrogen and oxygen atoms in total. The van der Waals surface area contributed by atoms with E-state index in [1.807, 2.05) is 6.07 Å². The molecule has 2 rings (SSSR count). The quantitative estimate of drug-likeness (QED) is 0.836. The van der Waals surface area contributed by atoms with E-state index in [1.54, 1.807) is 6.07 Å². The standard InChI is InChI=1S/C15H21FN4/c1-3-5-6-12(4-2)19-13-7-8-15(14(16)9-13)20-11-17-10-18-20/h7-12,19H,3-6H2,1-2H3. The van der Waals surface area contributed by atoms with Crippen LogP contribution >= 0.6 is 0 Å². The van der Waals surface area contributed by atoms with Crippen molar-refractivity contribution >= 4 is 5.69 Å². The summed E-state index contributed by atoms with van der Waals surface area (Å²) in [4.78, 5) is 3.83. The van der Waals surface area contributed by atoms with Crippen molar-refractivity contribution in [2.45, 2.75) is 45.6 Å². The highest BCUT2D eigenvalue weighted by atomic mass is 19.1. The highest BCUT2D eigenvalue weighted by Crippen LogP contribution is 2.19. The Morgan fingerprint density at radius 3 is 2.80 bits per heavy atom. The molecule has 20 heavy (non-hydrogen) atoms. The maximum absolute atomic E-state index is 14.1. The molecule has 0 spiro atoms. The summed E-state index contributed by atoms with van der Waals surface area (Å²) in [5.74, 6) is -0.300. The third-order valence-electron chi connectivity index (χ3n) is 3.38. The summed E-state index contributed by atoms with van der Waals surface area (Å²) in [7, 11) is 0. The van der Waals surface area contributed by atoms with Crippen molar-refractivity contribution in [3.8, 4) is 5.69 Å². The minimum Gasteiger partial charge on any atom is -0.382 e. The largest absolute Gasteiger partial charge is 0.382 e. The first-order valence-electron chi connectivity index (χ1n) is 7.15. The van der Waals surface area contributed by atoms with Crippen molar-refractivity contribution in [2.75, 3.05) is 5.32 Å². The molecule has 108 valence electrons. The fourth-order valence-corrected chi connectivity index (χ4v) is 2.18. The van der Waals surface area contributed by atoms with E-state index in [-0.39, 0.29) is 5.82 Å². The predicted molar refractivity (Wildman–Crippen MR) is 78.5 cm³/mol. The van der Waals surface area contributed by atoms with E-state index < -0.39 is 0 Å². The normalized spacial score (nSPS) is 12.3. The number of aromatic nitrogens is 3. The van der Waals surface area contributed by atoms with E-state index >= 15 is 0 Å². The van der Waals surface area contributed by atoms with Crippen LogP contribution in [0.4, 0.5) is 10.1 Å². The van der Waals surface area contributed by atoms with Crippen LogP contribution in [-0.4, -0.2) is 20.8 Å². The van der Waals surface area contributed by atoms with Crippen molar-refractivity contribution < 1.29 is 4.39 Å². The van der Waals surface area contributed by atoms with Crippen LogP contribution in [0.15, 0.2) is 30.9 Å². The number of rotatable bonds is 7. The maximum Gasteiger partial charge on any atom is 0.150 e. The molecule has 1 unspecified atom stereocenters. The lowest BCUT2D eigenvalue weighted by Crippen LogP contribution is -2.18. The lowest BCUT2D eigenvalue weighted by molar-refractivity contribution is 0.589. The fraction of sp³-hybridized carbons (Fsp3) is 0.467. The molecule has 1 aromatic carbocycles. The first kappa shape index (κ1) is 14.5. The summed E-state index contributed by atoms with van der Waals surface area (Å²) in [6.07, 6.45) is 7.39. The molecule has 0 fully saturated rings. The van der Waals surface area contributed by atoms with E-state index in [0.29, 0.717) is 11.7 Å². The van der Waals surface area contributed by atoms with Crippen molar-refractivity contribution in [1.29, 1.82) is 0 Å². The monoisotopic (exact) mass is 276 g/mol. The molecule has 0 radical (unpaired) electrons. The molecule has 1 heterocycles. The summed E-state index contributed by atoms with van der Waals surface area (Å²) < 4.78 is 15.5. The van der Waals surface area contributed by atoms with Gasteiger partial charge in [-0.05, 0) is 31.0 Å². The molecule has 0 aliphatic rings. The van der Waals surface area contributed by atoms with Gasteiger partial charge in [-0.25, -0.2) is 14.1 Å². The molecule has 0 saturated heterocycles. The molecule has 0 bridgehead atoms. The maximum atomic E-state index is 14.1. The minimum atomic E-state index is -0.300. The van der Waals surface area contributed by atoms with Crippen molar-refractivity contribution in [1.82, 2.24) is 14.8 Å². The molecular formula is C15H21FN4. The van der Waals surface area contributed by atoms with Crippen LogP contribution in [0.5, 0.6) is 0 Å². The number of hydrogen-bond acceptors (Lipinski definition) is 3. The molecule has 5 heteroatoms. The third kappa shape index (κ3) is 3.56. The molecule has 2 aromatic rings. The van der Waals surface area contributed by atoms with E-state index in [4.69, 9.17) is 0 Å². The van der Waals surface area contributed by atoms with E-state index in [1.165, 1.54) is 36.2 Å². The van der Waals surface area contributed by atoms with Crippen molar-refractivity contribution in [2.24, 2.45) is 0 Å². The number of hydrogen-bond donors (Lipinski definition) is 1. The first-order chi connectivity index (χ1) is 9.74. The van der Waals surface area contributed by atoms with Gasteiger partial charge in [0.15, 0.2) is 5.82 Å². The summed E-state index contributed by atoms with van der Waals surface area (Å²) >= 11 is 0. The summed E-state index contributed by atoms with van der Waals surface area (Å²) in [5, 5.41) is 7.33. The van der Waals surface area contributed by atoms with Crippen LogP contribution in [0.3, 0.4) is 0 Å². The average Bonchev–Trinajstić information content (AvgIpc) is 2.97. The van der Waals surface area contributed by atoms with Crippen LogP contribution < -0.4 is 5.32 Å². The Labute approximate surface area is 119 Å².